The third kappa shape index (κ3) is 0.760. The second kappa shape index (κ2) is 1.94. The molecule has 0 unspecified atom stereocenters. The summed E-state index contributed by atoms with van der Waals surface area (Å²) in [5.74, 6) is 0. The van der Waals surface area contributed by atoms with Crippen LogP contribution < -0.4 is 0 Å². The van der Waals surface area contributed by atoms with Crippen LogP contribution in [0.1, 0.15) is 12.8 Å². The summed E-state index contributed by atoms with van der Waals surface area (Å²) in [4.78, 5) is 0. The molecule has 0 aromatic rings. The summed E-state index contributed by atoms with van der Waals surface area (Å²) in [5.41, 5.74) is 0. The minimum Gasteiger partial charge on any atom is -0.269 e. The molecular weight excluding hydrogens is 67.0 g/mol. The van der Waals surface area contributed by atoms with Gasteiger partial charge >= 0.3 is 0 Å². The third-order valence-corrected chi connectivity index (χ3v) is 0.667. The molecule has 0 N–H and O–H groups in total. The van der Waals surface area contributed by atoms with Crippen molar-refractivity contribution in [2.45, 2.75) is 12.8 Å². The number of hydrogen-bond acceptors (Lipinski definition) is 0. The van der Waals surface area contributed by atoms with Gasteiger partial charge in [0.2, 0.25) is 0 Å². The summed E-state index contributed by atoms with van der Waals surface area (Å²) in [5, 5.41) is 0. The van der Waals surface area contributed by atoms with Crippen LogP contribution in [-0.4, -0.2) is 0 Å². The summed E-state index contributed by atoms with van der Waals surface area (Å²) in [6.07, 6.45) is 7.00. The highest BCUT2D eigenvalue weighted by Gasteiger charge is 1.81. The molecule has 0 nitrogen and oxygen atoms in total. The van der Waals surface area contributed by atoms with Crippen molar-refractivity contribution < 1.29 is 4.70 Å². The summed E-state index contributed by atoms with van der Waals surface area (Å²) in [7, 11) is 0. The number of hydrogen-bond donors (Lipinski definition) is 0. The third-order valence-electron chi connectivity index (χ3n) is 0.667. The van der Waals surface area contributed by atoms with Crippen molar-refractivity contribution in [2.24, 2.45) is 0 Å². The summed E-state index contributed by atoms with van der Waals surface area (Å²) >= 11 is 0. The first-order valence-corrected chi connectivity index (χ1v) is 1.65. The van der Waals surface area contributed by atoms with Crippen LogP contribution in [0.4, 0.5) is 4.70 Å². The molecule has 1 aliphatic rings. The van der Waals surface area contributed by atoms with Gasteiger partial charge in [-0.15, -0.1) is 0 Å². The van der Waals surface area contributed by atoms with E-state index >= 15 is 0 Å². The monoisotopic (exact) mass is 74.1 g/mol. The Hall–Kier alpha value is -0.330. The van der Waals surface area contributed by atoms with Gasteiger partial charge in [0, 0.05) is 0 Å². The summed E-state index contributed by atoms with van der Waals surface area (Å²) in [6.45, 7) is 0. The topological polar surface area (TPSA) is 0 Å². The lowest BCUT2D eigenvalue weighted by Gasteiger charge is -1.92. The maximum Gasteiger partial charge on any atom is -0.0316 e. The van der Waals surface area contributed by atoms with Crippen molar-refractivity contribution in [1.82, 2.24) is 0 Å². The van der Waals surface area contributed by atoms with E-state index in [1.165, 1.54) is 12.8 Å². The highest BCUT2D eigenvalue weighted by atomic mass is 19.0. The fraction of sp³-hybridized carbons (Fsp3) is 0.500. The van der Waals surface area contributed by atoms with Gasteiger partial charge in [0.05, 0.1) is 0 Å². The van der Waals surface area contributed by atoms with Crippen LogP contribution in [0.3, 0.4) is 0 Å². The lowest BCUT2D eigenvalue weighted by molar-refractivity contribution is 0.962. The van der Waals surface area contributed by atoms with Crippen molar-refractivity contribution in [2.75, 3.05) is 0 Å². The van der Waals surface area contributed by atoms with Crippen LogP contribution in [0.5, 0.6) is 0 Å². The fourth-order valence-electron chi connectivity index (χ4n) is 0.167. The van der Waals surface area contributed by atoms with E-state index in [0.29, 0.717) is 0 Å². The average Bonchev–Trinajstić information content (AvgIpc) is 0.722. The van der Waals surface area contributed by atoms with Gasteiger partial charge in [0.15, 0.2) is 0 Å². The van der Waals surface area contributed by atoms with Gasteiger partial charge < -0.3 is 0 Å². The predicted octanol–water partition coefficient (Wildman–Crippen LogP) is 1.49. The van der Waals surface area contributed by atoms with Crippen LogP contribution in [0.15, 0.2) is 12.2 Å². The zero-order valence-corrected chi connectivity index (χ0v) is 2.98. The molecule has 0 fully saturated rings. The van der Waals surface area contributed by atoms with E-state index in [2.05, 4.69) is 12.2 Å². The molecule has 0 aromatic heterocycles. The van der Waals surface area contributed by atoms with Crippen molar-refractivity contribution in [3.63, 3.8) is 0 Å². The Morgan fingerprint density at radius 1 is 1.00 bits per heavy atom. The van der Waals surface area contributed by atoms with E-state index < -0.39 is 0 Å². The zero-order chi connectivity index (χ0) is 2.83. The van der Waals surface area contributed by atoms with Crippen molar-refractivity contribution in [3.8, 4) is 0 Å². The van der Waals surface area contributed by atoms with E-state index in [1.807, 2.05) is 0 Å². The molecule has 0 heterocycles. The van der Waals surface area contributed by atoms with Crippen LogP contribution in [-0.2, 0) is 0 Å². The summed E-state index contributed by atoms with van der Waals surface area (Å²) < 4.78 is 0. The Morgan fingerprint density at radius 3 is 1.20 bits per heavy atom. The lowest BCUT2D eigenvalue weighted by atomic mass is 10.1. The van der Waals surface area contributed by atoms with Gasteiger partial charge in [-0.2, -0.15) is 0 Å². The minimum atomic E-state index is 0. The van der Waals surface area contributed by atoms with Crippen LogP contribution in [0.2, 0.25) is 0 Å². The molecule has 1 heteroatoms. The Morgan fingerprint density at radius 2 is 1.20 bits per heavy atom. The van der Waals surface area contributed by atoms with Crippen LogP contribution in [0, 0.1) is 0 Å². The minimum absolute atomic E-state index is 0. The number of allylic oxidation sites excluding steroid dienone is 2. The Kier molecular flexibility index (Phi) is 1.81. The van der Waals surface area contributed by atoms with Gasteiger partial charge in [0.1, 0.15) is 0 Å². The van der Waals surface area contributed by atoms with Crippen LogP contribution >= 0.6 is 0 Å². The average molecular weight is 74.1 g/mol. The van der Waals surface area contributed by atoms with Crippen molar-refractivity contribution in [3.05, 3.63) is 12.2 Å². The first kappa shape index (κ1) is 4.67. The molecule has 0 saturated carbocycles. The standard InChI is InChI=1S/C4H6.FH/c1-2-4-3-1;/h1-2H,3-4H2;1H. The quantitative estimate of drug-likeness (QED) is 0.382. The molecule has 5 heavy (non-hydrogen) atoms. The first-order chi connectivity index (χ1) is 2.00. The highest BCUT2D eigenvalue weighted by Crippen LogP contribution is 2.01. The van der Waals surface area contributed by atoms with E-state index in [0.717, 1.165) is 0 Å². The van der Waals surface area contributed by atoms with E-state index in [9.17, 15) is 0 Å². The molecule has 0 spiro atoms. The maximum atomic E-state index is 2.18. The second-order valence-electron chi connectivity index (χ2n) is 1.05. The van der Waals surface area contributed by atoms with Gasteiger partial charge in [-0.1, -0.05) is 12.2 Å². The van der Waals surface area contributed by atoms with Crippen molar-refractivity contribution in [1.29, 1.82) is 0 Å². The van der Waals surface area contributed by atoms with E-state index in [-0.39, 0.29) is 4.70 Å². The van der Waals surface area contributed by atoms with E-state index in [1.54, 1.807) is 0 Å². The van der Waals surface area contributed by atoms with Crippen LogP contribution in [0.25, 0.3) is 0 Å². The largest absolute Gasteiger partial charge is 0.269 e. The lowest BCUT2D eigenvalue weighted by Crippen LogP contribution is -1.71. The summed E-state index contributed by atoms with van der Waals surface area (Å²) in [6, 6.07) is 0. The Labute approximate surface area is 30.9 Å². The van der Waals surface area contributed by atoms with Crippen molar-refractivity contribution >= 4 is 0 Å². The Balaban J connectivity index is 0.000000160. The molecular formula is C4H7F. The number of halogens is 1. The predicted molar refractivity (Wildman–Crippen MR) is 20.9 cm³/mol. The normalized spacial score (nSPS) is 16.0. The smallest absolute Gasteiger partial charge is 0.0316 e. The molecule has 30 valence electrons. The maximum absolute atomic E-state index is 2.18. The van der Waals surface area contributed by atoms with Gasteiger partial charge in [-0.3, -0.25) is 4.70 Å². The molecule has 0 radical (unpaired) electrons. The molecule has 0 amide bonds. The molecule has 1 aliphatic carbocycles. The van der Waals surface area contributed by atoms with Gasteiger partial charge in [-0.05, 0) is 12.8 Å². The Bertz CT molecular complexity index is 32.9. The molecule has 0 aromatic carbocycles. The molecule has 0 aliphatic heterocycles. The fourth-order valence-corrected chi connectivity index (χ4v) is 0.167. The number of rotatable bonds is 0. The van der Waals surface area contributed by atoms with Gasteiger partial charge in [0.25, 0.3) is 0 Å². The molecule has 1 rings (SSSR count). The second-order valence-corrected chi connectivity index (χ2v) is 1.05. The molecule has 0 bridgehead atoms. The zero-order valence-electron chi connectivity index (χ0n) is 2.98. The highest BCUT2D eigenvalue weighted by molar-refractivity contribution is 4.92. The molecule has 0 saturated heterocycles. The SMILES string of the molecule is C1=CCC1.F. The molecule has 0 atom stereocenters. The first-order valence-electron chi connectivity index (χ1n) is 1.65. The van der Waals surface area contributed by atoms with E-state index in [4.69, 9.17) is 0 Å². The van der Waals surface area contributed by atoms with Gasteiger partial charge in [-0.25, -0.2) is 0 Å².